The van der Waals surface area contributed by atoms with Crippen LogP contribution < -0.4 is 4.74 Å². The van der Waals surface area contributed by atoms with E-state index in [1.807, 2.05) is 30.3 Å². The van der Waals surface area contributed by atoms with Gasteiger partial charge in [-0.25, -0.2) is 9.40 Å². The van der Waals surface area contributed by atoms with Gasteiger partial charge in [0.25, 0.3) is 5.91 Å². The Morgan fingerprint density at radius 1 is 1.10 bits per heavy atom. The van der Waals surface area contributed by atoms with Gasteiger partial charge in [-0.2, -0.15) is 5.10 Å². The van der Waals surface area contributed by atoms with Crippen LogP contribution in [0.1, 0.15) is 30.5 Å². The molecule has 7 heteroatoms. The number of likely N-dealkylation sites (N-methyl/N-ethyl adjacent to an activating group) is 1. The Bertz CT molecular complexity index is 956. The van der Waals surface area contributed by atoms with Crippen molar-refractivity contribution in [3.63, 3.8) is 0 Å². The molecule has 164 valence electrons. The third-order valence-electron chi connectivity index (χ3n) is 6.09. The van der Waals surface area contributed by atoms with E-state index in [4.69, 9.17) is 4.74 Å². The molecule has 1 saturated heterocycles. The molecule has 2 heterocycles. The normalized spacial score (nSPS) is 20.0. The molecule has 2 aromatic rings. The molecule has 0 bridgehead atoms. The first-order valence-electron chi connectivity index (χ1n) is 10.8. The fraction of sp³-hybridized carbons (Fsp3) is 0.417. The van der Waals surface area contributed by atoms with E-state index in [0.29, 0.717) is 24.2 Å². The van der Waals surface area contributed by atoms with Gasteiger partial charge in [0.15, 0.2) is 0 Å². The maximum Gasteiger partial charge on any atom is 0.257 e. The highest BCUT2D eigenvalue weighted by Crippen LogP contribution is 2.37. The number of carbonyl (C=O) groups excluding carboxylic acids is 1. The predicted octanol–water partition coefficient (Wildman–Crippen LogP) is 3.15. The number of carbonyl (C=O) groups is 1. The number of hydrogen-bond acceptors (Lipinski definition) is 5. The minimum Gasteiger partial charge on any atom is -0.496 e. The number of hydrogen-bond donors (Lipinski definition) is 0. The summed E-state index contributed by atoms with van der Waals surface area (Å²) in [6.45, 7) is 7.19. The zero-order valence-corrected chi connectivity index (χ0v) is 18.1. The van der Waals surface area contributed by atoms with Gasteiger partial charge in [-0.15, -0.1) is 0 Å². The Labute approximate surface area is 182 Å². The smallest absolute Gasteiger partial charge is 0.257 e. The quantitative estimate of drug-likeness (QED) is 0.715. The highest BCUT2D eigenvalue weighted by Gasteiger charge is 2.35. The van der Waals surface area contributed by atoms with Crippen LogP contribution in [0.5, 0.6) is 5.75 Å². The summed E-state index contributed by atoms with van der Waals surface area (Å²) in [7, 11) is 1.63. The number of amides is 1. The number of para-hydroxylation sites is 1. The van der Waals surface area contributed by atoms with E-state index in [2.05, 4.69) is 21.8 Å². The molecule has 0 spiro atoms. The lowest BCUT2D eigenvalue weighted by Gasteiger charge is -2.34. The number of benzene rings is 2. The third-order valence-corrected chi connectivity index (χ3v) is 6.09. The molecule has 0 radical (unpaired) electrons. The second kappa shape index (κ2) is 9.58. The first kappa shape index (κ1) is 21.5. The van der Waals surface area contributed by atoms with Crippen molar-refractivity contribution in [2.24, 2.45) is 5.10 Å². The molecule has 1 atom stereocenters. The SMILES string of the molecule is CCN1CCN(CC(=O)N2N=C(c3cccc(F)c3)C[C@H]2c2ccccc2OC)CC1. The molecule has 2 aliphatic heterocycles. The van der Waals surface area contributed by atoms with Gasteiger partial charge in [0.1, 0.15) is 11.6 Å². The van der Waals surface area contributed by atoms with E-state index in [-0.39, 0.29) is 17.8 Å². The Kier molecular flexibility index (Phi) is 6.63. The summed E-state index contributed by atoms with van der Waals surface area (Å²) in [6, 6.07) is 13.8. The van der Waals surface area contributed by atoms with Crippen LogP contribution in [0.3, 0.4) is 0 Å². The zero-order valence-electron chi connectivity index (χ0n) is 18.1. The minimum atomic E-state index is -0.312. The van der Waals surface area contributed by atoms with Crippen LogP contribution in [0.2, 0.25) is 0 Å². The minimum absolute atomic E-state index is 0.0488. The summed E-state index contributed by atoms with van der Waals surface area (Å²) in [5.74, 6) is 0.359. The lowest BCUT2D eigenvalue weighted by Crippen LogP contribution is -2.49. The van der Waals surface area contributed by atoms with Crippen LogP contribution in [0.4, 0.5) is 4.39 Å². The molecule has 0 saturated carbocycles. The average Bonchev–Trinajstić information content (AvgIpc) is 3.25. The number of rotatable bonds is 6. The molecule has 1 amide bonds. The summed E-state index contributed by atoms with van der Waals surface area (Å²) in [4.78, 5) is 17.9. The first-order valence-corrected chi connectivity index (χ1v) is 10.8. The first-order chi connectivity index (χ1) is 15.1. The summed E-state index contributed by atoms with van der Waals surface area (Å²) in [5, 5.41) is 6.24. The number of ether oxygens (including phenoxy) is 1. The van der Waals surface area contributed by atoms with Crippen molar-refractivity contribution in [2.45, 2.75) is 19.4 Å². The molecular weight excluding hydrogens is 395 g/mol. The third kappa shape index (κ3) is 4.78. The molecule has 0 aromatic heterocycles. The fourth-order valence-electron chi connectivity index (χ4n) is 4.29. The Balaban J connectivity index is 1.59. The average molecular weight is 425 g/mol. The molecule has 6 nitrogen and oxygen atoms in total. The van der Waals surface area contributed by atoms with Crippen molar-refractivity contribution in [1.82, 2.24) is 14.8 Å². The lowest BCUT2D eigenvalue weighted by molar-refractivity contribution is -0.134. The van der Waals surface area contributed by atoms with E-state index in [1.165, 1.54) is 12.1 Å². The van der Waals surface area contributed by atoms with Crippen molar-refractivity contribution < 1.29 is 13.9 Å². The highest BCUT2D eigenvalue weighted by molar-refractivity contribution is 6.03. The standard InChI is InChI=1S/C24H29FN4O2/c1-3-27-11-13-28(14-12-27)17-24(30)29-22(20-9-4-5-10-23(20)31-2)16-21(26-29)18-7-6-8-19(25)15-18/h4-10,15,22H,3,11-14,16-17H2,1-2H3/t22-/m0/s1. The molecule has 2 aromatic carbocycles. The number of hydrazone groups is 1. The lowest BCUT2D eigenvalue weighted by atomic mass is 9.97. The second-order valence-electron chi connectivity index (χ2n) is 7.97. The van der Waals surface area contributed by atoms with E-state index in [9.17, 15) is 9.18 Å². The van der Waals surface area contributed by atoms with Gasteiger partial charge in [-0.05, 0) is 24.7 Å². The second-order valence-corrected chi connectivity index (χ2v) is 7.97. The van der Waals surface area contributed by atoms with Crippen molar-refractivity contribution in [3.8, 4) is 5.75 Å². The van der Waals surface area contributed by atoms with Gasteiger partial charge in [0.2, 0.25) is 0 Å². The van der Waals surface area contributed by atoms with Crippen molar-refractivity contribution in [2.75, 3.05) is 46.4 Å². The molecule has 0 N–H and O–H groups in total. The van der Waals surface area contributed by atoms with Crippen LogP contribution in [0, 0.1) is 5.82 Å². The molecule has 0 unspecified atom stereocenters. The molecule has 0 aliphatic carbocycles. The topological polar surface area (TPSA) is 48.4 Å². The zero-order chi connectivity index (χ0) is 21.8. The Morgan fingerprint density at radius 3 is 2.55 bits per heavy atom. The molecule has 2 aliphatic rings. The summed E-state index contributed by atoms with van der Waals surface area (Å²) in [5.41, 5.74) is 2.32. The van der Waals surface area contributed by atoms with Gasteiger partial charge in [0, 0.05) is 43.7 Å². The van der Waals surface area contributed by atoms with Gasteiger partial charge < -0.3 is 9.64 Å². The molecule has 4 rings (SSSR count). The van der Waals surface area contributed by atoms with E-state index in [1.54, 1.807) is 18.2 Å². The van der Waals surface area contributed by atoms with Gasteiger partial charge >= 0.3 is 0 Å². The largest absolute Gasteiger partial charge is 0.496 e. The van der Waals surface area contributed by atoms with Gasteiger partial charge in [-0.3, -0.25) is 9.69 Å². The molecular formula is C24H29FN4O2. The highest BCUT2D eigenvalue weighted by atomic mass is 19.1. The number of methoxy groups -OCH3 is 1. The monoisotopic (exact) mass is 424 g/mol. The van der Waals surface area contributed by atoms with Crippen LogP contribution >= 0.6 is 0 Å². The van der Waals surface area contributed by atoms with Crippen molar-refractivity contribution in [3.05, 3.63) is 65.5 Å². The maximum absolute atomic E-state index is 13.8. The van der Waals surface area contributed by atoms with E-state index < -0.39 is 0 Å². The van der Waals surface area contributed by atoms with E-state index in [0.717, 1.165) is 44.0 Å². The Hall–Kier alpha value is -2.77. The fourth-order valence-corrected chi connectivity index (χ4v) is 4.29. The number of halogens is 1. The van der Waals surface area contributed by atoms with Crippen LogP contribution in [-0.4, -0.2) is 72.8 Å². The summed E-state index contributed by atoms with van der Waals surface area (Å²) >= 11 is 0. The van der Waals surface area contributed by atoms with Crippen molar-refractivity contribution >= 4 is 11.6 Å². The summed E-state index contributed by atoms with van der Waals surface area (Å²) < 4.78 is 19.4. The summed E-state index contributed by atoms with van der Waals surface area (Å²) in [6.07, 6.45) is 0.513. The van der Waals surface area contributed by atoms with Gasteiger partial charge in [-0.1, -0.05) is 37.3 Å². The maximum atomic E-state index is 13.8. The van der Waals surface area contributed by atoms with Crippen molar-refractivity contribution in [1.29, 1.82) is 0 Å². The molecule has 31 heavy (non-hydrogen) atoms. The van der Waals surface area contributed by atoms with E-state index >= 15 is 0 Å². The predicted molar refractivity (Wildman–Crippen MR) is 119 cm³/mol. The molecule has 1 fully saturated rings. The van der Waals surface area contributed by atoms with Crippen LogP contribution in [0.25, 0.3) is 0 Å². The Morgan fingerprint density at radius 2 is 1.84 bits per heavy atom. The van der Waals surface area contributed by atoms with Gasteiger partial charge in [0.05, 0.1) is 25.4 Å². The number of piperazine rings is 1. The van der Waals surface area contributed by atoms with Crippen LogP contribution in [0.15, 0.2) is 53.6 Å². The van der Waals surface area contributed by atoms with Crippen LogP contribution in [-0.2, 0) is 4.79 Å². The number of nitrogens with zero attached hydrogens (tertiary/aromatic N) is 4.